The number of benzene rings is 1. The molecule has 1 amide bonds. The van der Waals surface area contributed by atoms with E-state index in [0.717, 1.165) is 6.26 Å². The summed E-state index contributed by atoms with van der Waals surface area (Å²) in [6.07, 6.45) is 1.70. The van der Waals surface area contributed by atoms with Crippen LogP contribution in [0.3, 0.4) is 0 Å². The second kappa shape index (κ2) is 10.2. The number of aromatic nitrogens is 2. The zero-order chi connectivity index (χ0) is 26.0. The largest absolute Gasteiger partial charge is 0.444 e. The van der Waals surface area contributed by atoms with E-state index in [1.807, 2.05) is 0 Å². The van der Waals surface area contributed by atoms with Gasteiger partial charge < -0.3 is 14.6 Å². The Labute approximate surface area is 203 Å². The van der Waals surface area contributed by atoms with Gasteiger partial charge in [-0.05, 0) is 63.6 Å². The molecule has 0 aliphatic carbocycles. The Morgan fingerprint density at radius 2 is 1.94 bits per heavy atom. The number of amides is 1. The van der Waals surface area contributed by atoms with E-state index in [4.69, 9.17) is 4.74 Å². The molecule has 0 radical (unpaired) electrons. The van der Waals surface area contributed by atoms with Crippen LogP contribution in [0, 0.1) is 6.92 Å². The van der Waals surface area contributed by atoms with E-state index in [1.54, 1.807) is 50.5 Å². The summed E-state index contributed by atoms with van der Waals surface area (Å²) >= 11 is 0. The minimum atomic E-state index is -3.45. The quantitative estimate of drug-likeness (QED) is 0.473. The molecule has 2 heterocycles. The van der Waals surface area contributed by atoms with Crippen molar-refractivity contribution in [3.63, 3.8) is 0 Å². The molecule has 0 saturated carbocycles. The lowest BCUT2D eigenvalue weighted by molar-refractivity contribution is 0.0534. The Hall–Kier alpha value is -3.27. The number of nitrogens with one attached hydrogen (secondary N) is 1. The normalized spacial score (nSPS) is 12.7. The van der Waals surface area contributed by atoms with E-state index in [1.165, 1.54) is 24.3 Å². The van der Waals surface area contributed by atoms with Gasteiger partial charge in [0.1, 0.15) is 18.1 Å². The molecule has 7 nitrogen and oxygen atoms in total. The van der Waals surface area contributed by atoms with Gasteiger partial charge in [0, 0.05) is 24.1 Å². The van der Waals surface area contributed by atoms with Gasteiger partial charge in [-0.15, -0.1) is 0 Å². The lowest BCUT2D eigenvalue weighted by Crippen LogP contribution is -2.32. The summed E-state index contributed by atoms with van der Waals surface area (Å²) in [5, 5.41) is 2.48. The maximum absolute atomic E-state index is 14.9. The first kappa shape index (κ1) is 26.3. The number of ether oxygens (including phenoxy) is 1. The van der Waals surface area contributed by atoms with Crippen LogP contribution in [0.1, 0.15) is 32.2 Å². The molecule has 1 N–H and O–H groups in total. The van der Waals surface area contributed by atoms with Gasteiger partial charge >= 0.3 is 6.09 Å². The fourth-order valence-corrected chi connectivity index (χ4v) is 4.33. The molecule has 35 heavy (non-hydrogen) atoms. The van der Waals surface area contributed by atoms with Gasteiger partial charge in [-0.2, -0.15) is 0 Å². The molecule has 188 valence electrons. The molecule has 0 bridgehead atoms. The standard InChI is InChI=1S/C25H29F2N3O4S/c1-16-22(17-7-6-8-20(13-17)35(5,32)33)23-21(10-9-19(14-26)29-23)30(16)15-18(27)11-12-28-24(31)34-25(2,3)4/h6-11,13H,12,14-15H2,1-5H3,(H,28,31)/b18-11-. The fraction of sp³-hybridized carbons (Fsp3) is 0.360. The van der Waals surface area contributed by atoms with Crippen LogP contribution < -0.4 is 5.32 Å². The molecule has 0 unspecified atom stereocenters. The van der Waals surface area contributed by atoms with Crippen molar-refractivity contribution in [1.82, 2.24) is 14.9 Å². The molecule has 0 saturated heterocycles. The molecule has 2 aromatic heterocycles. The van der Waals surface area contributed by atoms with Gasteiger partial charge in [0.15, 0.2) is 9.84 Å². The maximum atomic E-state index is 14.9. The summed E-state index contributed by atoms with van der Waals surface area (Å²) < 4.78 is 59.2. The number of alkyl halides is 1. The number of pyridine rings is 1. The van der Waals surface area contributed by atoms with Gasteiger partial charge in [-0.25, -0.2) is 27.0 Å². The highest BCUT2D eigenvalue weighted by Crippen LogP contribution is 2.35. The average molecular weight is 506 g/mol. The van der Waals surface area contributed by atoms with Crippen molar-refractivity contribution in [2.75, 3.05) is 12.8 Å². The monoisotopic (exact) mass is 505 g/mol. The molecule has 10 heteroatoms. The Morgan fingerprint density at radius 1 is 1.23 bits per heavy atom. The smallest absolute Gasteiger partial charge is 0.407 e. The van der Waals surface area contributed by atoms with Crippen LogP contribution in [-0.4, -0.2) is 42.5 Å². The summed E-state index contributed by atoms with van der Waals surface area (Å²) in [6, 6.07) is 9.58. The molecular formula is C25H29F2N3O4S. The number of hydrogen-bond donors (Lipinski definition) is 1. The molecule has 1 aromatic carbocycles. The zero-order valence-electron chi connectivity index (χ0n) is 20.4. The fourth-order valence-electron chi connectivity index (χ4n) is 3.66. The van der Waals surface area contributed by atoms with Gasteiger partial charge in [0.2, 0.25) is 0 Å². The first-order valence-corrected chi connectivity index (χ1v) is 12.9. The van der Waals surface area contributed by atoms with Crippen molar-refractivity contribution in [2.45, 2.75) is 51.4 Å². The topological polar surface area (TPSA) is 90.3 Å². The lowest BCUT2D eigenvalue weighted by atomic mass is 10.1. The van der Waals surface area contributed by atoms with Crippen LogP contribution in [0.2, 0.25) is 0 Å². The number of carbonyl (C=O) groups excluding carboxylic acids is 1. The summed E-state index contributed by atoms with van der Waals surface area (Å²) in [7, 11) is -3.45. The van der Waals surface area contributed by atoms with E-state index in [9.17, 15) is 22.0 Å². The van der Waals surface area contributed by atoms with Crippen LogP contribution in [0.15, 0.2) is 53.2 Å². The van der Waals surface area contributed by atoms with Crippen molar-refractivity contribution >= 4 is 27.0 Å². The highest BCUT2D eigenvalue weighted by Gasteiger charge is 2.20. The lowest BCUT2D eigenvalue weighted by Gasteiger charge is -2.19. The Balaban J connectivity index is 1.99. The average Bonchev–Trinajstić information content (AvgIpc) is 3.02. The summed E-state index contributed by atoms with van der Waals surface area (Å²) in [5.41, 5.74) is 2.38. The van der Waals surface area contributed by atoms with Crippen LogP contribution in [0.25, 0.3) is 22.2 Å². The molecule has 3 aromatic rings. The highest BCUT2D eigenvalue weighted by atomic mass is 32.2. The molecule has 3 rings (SSSR count). The Morgan fingerprint density at radius 3 is 2.57 bits per heavy atom. The second-order valence-electron chi connectivity index (χ2n) is 9.18. The van der Waals surface area contributed by atoms with Gasteiger partial charge in [0.05, 0.1) is 28.2 Å². The number of alkyl carbamates (subject to hydrolysis) is 1. The number of hydrogen-bond acceptors (Lipinski definition) is 5. The summed E-state index contributed by atoms with van der Waals surface area (Å²) in [4.78, 5) is 16.3. The van der Waals surface area contributed by atoms with Gasteiger partial charge in [-0.1, -0.05) is 12.1 Å². The zero-order valence-corrected chi connectivity index (χ0v) is 21.2. The van der Waals surface area contributed by atoms with Gasteiger partial charge in [0.25, 0.3) is 0 Å². The SMILES string of the molecule is Cc1c(-c2cccc(S(C)(=O)=O)c2)c2nc(CF)ccc2n1C/C(F)=C/CNC(=O)OC(C)(C)C. The number of carbonyl (C=O) groups is 1. The number of halogens is 2. The first-order chi connectivity index (χ1) is 16.3. The number of sulfone groups is 1. The number of nitrogens with zero attached hydrogens (tertiary/aromatic N) is 2. The van der Waals surface area contributed by atoms with Crippen molar-refractivity contribution in [3.05, 3.63) is 59.7 Å². The number of fused-ring (bicyclic) bond motifs is 1. The van der Waals surface area contributed by atoms with E-state index in [-0.39, 0.29) is 23.7 Å². The third-order valence-corrected chi connectivity index (χ3v) is 6.30. The third-order valence-electron chi connectivity index (χ3n) is 5.19. The molecule has 0 spiro atoms. The van der Waals surface area contributed by atoms with Crippen molar-refractivity contribution in [3.8, 4) is 11.1 Å². The maximum Gasteiger partial charge on any atom is 0.407 e. The first-order valence-electron chi connectivity index (χ1n) is 11.0. The molecule has 0 atom stereocenters. The minimum Gasteiger partial charge on any atom is -0.444 e. The van der Waals surface area contributed by atoms with E-state index >= 15 is 0 Å². The van der Waals surface area contributed by atoms with E-state index in [0.29, 0.717) is 27.9 Å². The van der Waals surface area contributed by atoms with Crippen LogP contribution in [-0.2, 0) is 27.8 Å². The predicted octanol–water partition coefficient (Wildman–Crippen LogP) is 5.26. The number of rotatable bonds is 7. The minimum absolute atomic E-state index is 0.0630. The molecular weight excluding hydrogens is 476 g/mol. The van der Waals surface area contributed by atoms with Crippen LogP contribution in [0.5, 0.6) is 0 Å². The van der Waals surface area contributed by atoms with E-state index in [2.05, 4.69) is 10.3 Å². The highest BCUT2D eigenvalue weighted by molar-refractivity contribution is 7.90. The van der Waals surface area contributed by atoms with Crippen LogP contribution >= 0.6 is 0 Å². The van der Waals surface area contributed by atoms with Gasteiger partial charge in [-0.3, -0.25) is 0 Å². The Bertz CT molecular complexity index is 1390. The molecule has 0 aliphatic heterocycles. The van der Waals surface area contributed by atoms with Crippen molar-refractivity contribution < 1.29 is 26.7 Å². The number of allylic oxidation sites excluding steroid dienone is 1. The Kier molecular flexibility index (Phi) is 7.64. The van der Waals surface area contributed by atoms with Crippen molar-refractivity contribution in [2.24, 2.45) is 0 Å². The van der Waals surface area contributed by atoms with E-state index < -0.39 is 34.0 Å². The third kappa shape index (κ3) is 6.45. The summed E-state index contributed by atoms with van der Waals surface area (Å²) in [5.74, 6) is -0.507. The molecule has 0 aliphatic rings. The van der Waals surface area contributed by atoms with Crippen LogP contribution in [0.4, 0.5) is 13.6 Å². The molecule has 0 fully saturated rings. The second-order valence-corrected chi connectivity index (χ2v) is 11.2. The summed E-state index contributed by atoms with van der Waals surface area (Å²) in [6.45, 7) is 5.98. The predicted molar refractivity (Wildman–Crippen MR) is 131 cm³/mol. The van der Waals surface area contributed by atoms with Crippen molar-refractivity contribution in [1.29, 1.82) is 0 Å².